The van der Waals surface area contributed by atoms with E-state index in [1.54, 1.807) is 5.57 Å². The average Bonchev–Trinajstić information content (AvgIpc) is 2.37. The standard InChI is InChI=1S/C15H22/c1-11(2)8-9-15-12(3)6-7-13(15)10-14(15,4)5/h6,8-9,13H,1,7,10H2,2-5H3/b9-8-. The lowest BCUT2D eigenvalue weighted by atomic mass is 9.44. The molecule has 0 amide bonds. The maximum Gasteiger partial charge on any atom is 0.0174 e. The van der Waals surface area contributed by atoms with Crippen molar-refractivity contribution in [2.45, 2.75) is 40.5 Å². The van der Waals surface area contributed by atoms with Gasteiger partial charge in [0.1, 0.15) is 0 Å². The van der Waals surface area contributed by atoms with E-state index in [0.717, 1.165) is 11.5 Å². The Kier molecular flexibility index (Phi) is 2.22. The molecule has 0 aromatic carbocycles. The Morgan fingerprint density at radius 1 is 1.53 bits per heavy atom. The molecule has 0 heteroatoms. The fourth-order valence-corrected chi connectivity index (χ4v) is 3.75. The lowest BCUT2D eigenvalue weighted by Crippen LogP contribution is -2.52. The van der Waals surface area contributed by atoms with Crippen molar-refractivity contribution in [1.29, 1.82) is 0 Å². The Hall–Kier alpha value is -0.780. The Morgan fingerprint density at radius 3 is 2.67 bits per heavy atom. The van der Waals surface area contributed by atoms with Crippen LogP contribution in [0.2, 0.25) is 0 Å². The maximum atomic E-state index is 3.96. The molecule has 0 spiro atoms. The van der Waals surface area contributed by atoms with Gasteiger partial charge in [0.25, 0.3) is 0 Å². The number of hydrogen-bond acceptors (Lipinski definition) is 0. The van der Waals surface area contributed by atoms with Crippen molar-refractivity contribution in [3.05, 3.63) is 36.0 Å². The molecule has 1 fully saturated rings. The molecule has 2 rings (SSSR count). The quantitative estimate of drug-likeness (QED) is 0.457. The van der Waals surface area contributed by atoms with Crippen molar-refractivity contribution >= 4 is 0 Å². The zero-order valence-corrected chi connectivity index (χ0v) is 10.4. The molecule has 0 saturated heterocycles. The molecule has 0 nitrogen and oxygen atoms in total. The van der Waals surface area contributed by atoms with E-state index in [-0.39, 0.29) is 0 Å². The summed E-state index contributed by atoms with van der Waals surface area (Å²) < 4.78 is 0. The van der Waals surface area contributed by atoms with Gasteiger partial charge in [0.15, 0.2) is 0 Å². The van der Waals surface area contributed by atoms with Gasteiger partial charge in [0.05, 0.1) is 0 Å². The Balaban J connectivity index is 2.37. The van der Waals surface area contributed by atoms with Crippen LogP contribution in [0.15, 0.2) is 36.0 Å². The van der Waals surface area contributed by atoms with Crippen LogP contribution in [0.1, 0.15) is 40.5 Å². The van der Waals surface area contributed by atoms with Gasteiger partial charge in [-0.1, -0.05) is 49.8 Å². The van der Waals surface area contributed by atoms with Crippen molar-refractivity contribution in [3.63, 3.8) is 0 Å². The van der Waals surface area contributed by atoms with Crippen molar-refractivity contribution in [2.24, 2.45) is 16.7 Å². The first-order valence-electron chi connectivity index (χ1n) is 5.92. The summed E-state index contributed by atoms with van der Waals surface area (Å²) in [5.41, 5.74) is 3.50. The molecule has 0 bridgehead atoms. The monoisotopic (exact) mass is 202 g/mol. The summed E-state index contributed by atoms with van der Waals surface area (Å²) in [6.45, 7) is 13.1. The predicted molar refractivity (Wildman–Crippen MR) is 66.6 cm³/mol. The Bertz CT molecular complexity index is 354. The van der Waals surface area contributed by atoms with Crippen molar-refractivity contribution in [1.82, 2.24) is 0 Å². The fourth-order valence-electron chi connectivity index (χ4n) is 3.75. The van der Waals surface area contributed by atoms with Crippen LogP contribution in [0, 0.1) is 16.7 Å². The SMILES string of the molecule is C=C(C)/C=C\C12C(C)=CCC1CC2(C)C. The highest BCUT2D eigenvalue weighted by molar-refractivity contribution is 5.38. The van der Waals surface area contributed by atoms with Crippen molar-refractivity contribution in [2.75, 3.05) is 0 Å². The molecular formula is C15H22. The molecule has 0 heterocycles. The van der Waals surface area contributed by atoms with Crippen LogP contribution in [0.25, 0.3) is 0 Å². The molecule has 2 aliphatic carbocycles. The summed E-state index contributed by atoms with van der Waals surface area (Å²) in [7, 11) is 0. The largest absolute Gasteiger partial charge is 0.0961 e. The summed E-state index contributed by atoms with van der Waals surface area (Å²) in [6.07, 6.45) is 9.69. The molecule has 0 N–H and O–H groups in total. The normalized spacial score (nSPS) is 37.3. The summed E-state index contributed by atoms with van der Waals surface area (Å²) in [5.74, 6) is 0.850. The number of fused-ring (bicyclic) bond motifs is 1. The molecule has 15 heavy (non-hydrogen) atoms. The minimum Gasteiger partial charge on any atom is -0.0961 e. The van der Waals surface area contributed by atoms with E-state index in [1.807, 2.05) is 0 Å². The number of allylic oxidation sites excluding steroid dienone is 5. The topological polar surface area (TPSA) is 0 Å². The van der Waals surface area contributed by atoms with Gasteiger partial charge < -0.3 is 0 Å². The third-order valence-electron chi connectivity index (χ3n) is 4.51. The smallest absolute Gasteiger partial charge is 0.0174 e. The Labute approximate surface area is 93.8 Å². The molecular weight excluding hydrogens is 180 g/mol. The first-order chi connectivity index (χ1) is 6.90. The molecule has 0 aromatic heterocycles. The second-order valence-electron chi connectivity index (χ2n) is 5.96. The molecule has 0 aromatic rings. The zero-order valence-electron chi connectivity index (χ0n) is 10.4. The minimum absolute atomic E-state index is 0.339. The first kappa shape index (κ1) is 10.7. The van der Waals surface area contributed by atoms with Gasteiger partial charge in [-0.15, -0.1) is 0 Å². The fraction of sp³-hybridized carbons (Fsp3) is 0.600. The van der Waals surface area contributed by atoms with Gasteiger partial charge in [-0.05, 0) is 38.0 Å². The summed E-state index contributed by atoms with van der Waals surface area (Å²) in [4.78, 5) is 0. The highest BCUT2D eigenvalue weighted by Gasteiger charge is 2.60. The van der Waals surface area contributed by atoms with Gasteiger partial charge >= 0.3 is 0 Å². The summed E-state index contributed by atoms with van der Waals surface area (Å²) in [5, 5.41) is 0. The molecule has 0 radical (unpaired) electrons. The highest BCUT2D eigenvalue weighted by atomic mass is 14.6. The van der Waals surface area contributed by atoms with Gasteiger partial charge in [0, 0.05) is 5.41 Å². The summed E-state index contributed by atoms with van der Waals surface area (Å²) in [6, 6.07) is 0. The molecule has 2 aliphatic rings. The van der Waals surface area contributed by atoms with E-state index in [2.05, 4.69) is 52.5 Å². The molecule has 1 saturated carbocycles. The number of hydrogen-bond donors (Lipinski definition) is 0. The highest BCUT2D eigenvalue weighted by Crippen LogP contribution is 2.69. The maximum absolute atomic E-state index is 3.96. The Morgan fingerprint density at radius 2 is 2.20 bits per heavy atom. The van der Waals surface area contributed by atoms with E-state index in [1.165, 1.54) is 12.8 Å². The van der Waals surface area contributed by atoms with Crippen LogP contribution < -0.4 is 0 Å². The second kappa shape index (κ2) is 3.10. The molecule has 0 aliphatic heterocycles. The van der Waals surface area contributed by atoms with Crippen LogP contribution in [-0.4, -0.2) is 0 Å². The lowest BCUT2D eigenvalue weighted by molar-refractivity contribution is -0.0384. The van der Waals surface area contributed by atoms with Crippen molar-refractivity contribution < 1.29 is 0 Å². The van der Waals surface area contributed by atoms with E-state index in [9.17, 15) is 0 Å². The zero-order chi connectivity index (χ0) is 11.3. The van der Waals surface area contributed by atoms with Gasteiger partial charge in [-0.3, -0.25) is 0 Å². The van der Waals surface area contributed by atoms with Crippen molar-refractivity contribution in [3.8, 4) is 0 Å². The van der Waals surface area contributed by atoms with Crippen LogP contribution in [0.5, 0.6) is 0 Å². The third-order valence-corrected chi connectivity index (χ3v) is 4.51. The number of rotatable bonds is 2. The van der Waals surface area contributed by atoms with Crippen LogP contribution in [0.3, 0.4) is 0 Å². The minimum atomic E-state index is 0.339. The molecule has 82 valence electrons. The van der Waals surface area contributed by atoms with Crippen LogP contribution in [-0.2, 0) is 0 Å². The lowest BCUT2D eigenvalue weighted by Gasteiger charge is -2.59. The van der Waals surface area contributed by atoms with E-state index < -0.39 is 0 Å². The first-order valence-corrected chi connectivity index (χ1v) is 5.92. The van der Waals surface area contributed by atoms with Gasteiger partial charge in [-0.2, -0.15) is 0 Å². The predicted octanol–water partition coefficient (Wildman–Crippen LogP) is 4.50. The second-order valence-corrected chi connectivity index (χ2v) is 5.96. The van der Waals surface area contributed by atoms with E-state index in [4.69, 9.17) is 0 Å². The van der Waals surface area contributed by atoms with Gasteiger partial charge in [0.2, 0.25) is 0 Å². The van der Waals surface area contributed by atoms with Crippen LogP contribution in [0.4, 0.5) is 0 Å². The van der Waals surface area contributed by atoms with E-state index in [0.29, 0.717) is 10.8 Å². The summed E-state index contributed by atoms with van der Waals surface area (Å²) >= 11 is 0. The molecule has 2 atom stereocenters. The third kappa shape index (κ3) is 1.27. The van der Waals surface area contributed by atoms with E-state index >= 15 is 0 Å². The van der Waals surface area contributed by atoms with Gasteiger partial charge in [-0.25, -0.2) is 0 Å². The van der Waals surface area contributed by atoms with Crippen LogP contribution >= 0.6 is 0 Å². The molecule has 2 unspecified atom stereocenters. The average molecular weight is 202 g/mol.